The fourth-order valence-electron chi connectivity index (χ4n) is 1.43. The summed E-state index contributed by atoms with van der Waals surface area (Å²) in [6.07, 6.45) is 3.22. The Morgan fingerprint density at radius 1 is 1.38 bits per heavy atom. The van der Waals surface area contributed by atoms with Crippen LogP contribution in [0, 0.1) is 0 Å². The van der Waals surface area contributed by atoms with E-state index in [0.29, 0.717) is 6.04 Å². The van der Waals surface area contributed by atoms with Gasteiger partial charge in [-0.05, 0) is 18.1 Å². The van der Waals surface area contributed by atoms with E-state index in [1.165, 1.54) is 5.57 Å². The van der Waals surface area contributed by atoms with Crippen molar-refractivity contribution in [3.05, 3.63) is 40.4 Å². The van der Waals surface area contributed by atoms with Gasteiger partial charge in [0.15, 0.2) is 0 Å². The largest absolute Gasteiger partial charge is 0.311 e. The average Bonchev–Trinajstić information content (AvgIpc) is 2.26. The monoisotopic (exact) mass is 237 g/mol. The lowest BCUT2D eigenvalue weighted by molar-refractivity contribution is 0.617. The molecule has 0 aliphatic carbocycles. The zero-order chi connectivity index (χ0) is 12.0. The summed E-state index contributed by atoms with van der Waals surface area (Å²) >= 11 is 6.12. The van der Waals surface area contributed by atoms with Crippen LogP contribution in [0.3, 0.4) is 0 Å². The highest BCUT2D eigenvalue weighted by molar-refractivity contribution is 6.32. The van der Waals surface area contributed by atoms with E-state index >= 15 is 0 Å². The molecule has 0 bridgehead atoms. The van der Waals surface area contributed by atoms with Crippen molar-refractivity contribution < 1.29 is 0 Å². The van der Waals surface area contributed by atoms with Crippen molar-refractivity contribution in [1.29, 1.82) is 0 Å². The minimum Gasteiger partial charge on any atom is -0.311 e. The fraction of sp³-hybridized carbons (Fsp3) is 0.429. The van der Waals surface area contributed by atoms with E-state index in [2.05, 4.69) is 32.2 Å². The van der Waals surface area contributed by atoms with Crippen LogP contribution in [-0.4, -0.2) is 12.6 Å². The second-order valence-electron chi connectivity index (χ2n) is 4.21. The Bertz CT molecular complexity index is 356. The second kappa shape index (κ2) is 6.72. The standard InChI is InChI=1S/C14H20ClN/c1-4-12(10-16-11(2)3)9-13-7-5-6-8-14(13)15/h5-9,11,16H,4,10H2,1-3H3. The van der Waals surface area contributed by atoms with E-state index in [1.807, 2.05) is 24.3 Å². The van der Waals surface area contributed by atoms with Gasteiger partial charge in [0, 0.05) is 17.6 Å². The van der Waals surface area contributed by atoms with E-state index in [1.54, 1.807) is 0 Å². The summed E-state index contributed by atoms with van der Waals surface area (Å²) in [4.78, 5) is 0. The molecule has 1 aromatic carbocycles. The van der Waals surface area contributed by atoms with Crippen LogP contribution in [0.15, 0.2) is 29.8 Å². The van der Waals surface area contributed by atoms with Gasteiger partial charge < -0.3 is 5.32 Å². The van der Waals surface area contributed by atoms with Gasteiger partial charge in [0.25, 0.3) is 0 Å². The third-order valence-electron chi connectivity index (χ3n) is 2.46. The maximum absolute atomic E-state index is 6.12. The summed E-state index contributed by atoms with van der Waals surface area (Å²) in [5, 5.41) is 4.24. The van der Waals surface area contributed by atoms with Gasteiger partial charge in [-0.1, -0.05) is 62.2 Å². The zero-order valence-electron chi connectivity index (χ0n) is 10.3. The van der Waals surface area contributed by atoms with Gasteiger partial charge in [0.2, 0.25) is 0 Å². The third kappa shape index (κ3) is 4.38. The van der Waals surface area contributed by atoms with Gasteiger partial charge in [0.05, 0.1) is 0 Å². The summed E-state index contributed by atoms with van der Waals surface area (Å²) in [7, 11) is 0. The molecule has 0 saturated heterocycles. The van der Waals surface area contributed by atoms with Crippen molar-refractivity contribution in [2.24, 2.45) is 0 Å². The molecule has 0 fully saturated rings. The van der Waals surface area contributed by atoms with Crippen molar-refractivity contribution in [3.8, 4) is 0 Å². The van der Waals surface area contributed by atoms with Crippen molar-refractivity contribution >= 4 is 17.7 Å². The third-order valence-corrected chi connectivity index (χ3v) is 2.80. The Labute approximate surface area is 104 Å². The first-order valence-corrected chi connectivity index (χ1v) is 6.18. The van der Waals surface area contributed by atoms with Gasteiger partial charge >= 0.3 is 0 Å². The molecule has 0 aliphatic rings. The maximum atomic E-state index is 6.12. The van der Waals surface area contributed by atoms with Crippen LogP contribution < -0.4 is 5.32 Å². The van der Waals surface area contributed by atoms with Gasteiger partial charge in [0.1, 0.15) is 0 Å². The van der Waals surface area contributed by atoms with Crippen LogP contribution in [0.5, 0.6) is 0 Å². The molecule has 0 unspecified atom stereocenters. The highest BCUT2D eigenvalue weighted by Crippen LogP contribution is 2.18. The molecule has 1 nitrogen and oxygen atoms in total. The molecular formula is C14H20ClN. The van der Waals surface area contributed by atoms with Gasteiger partial charge in [-0.2, -0.15) is 0 Å². The number of hydrogen-bond donors (Lipinski definition) is 1. The molecule has 0 aromatic heterocycles. The molecule has 0 radical (unpaired) electrons. The first-order valence-electron chi connectivity index (χ1n) is 5.80. The molecule has 0 atom stereocenters. The Morgan fingerprint density at radius 2 is 2.06 bits per heavy atom. The highest BCUT2D eigenvalue weighted by Gasteiger charge is 2.00. The van der Waals surface area contributed by atoms with Crippen LogP contribution >= 0.6 is 11.6 Å². The summed E-state index contributed by atoms with van der Waals surface area (Å²) in [5.41, 5.74) is 2.48. The van der Waals surface area contributed by atoms with Crippen LogP contribution in [0.2, 0.25) is 5.02 Å². The predicted octanol–water partition coefficient (Wildman–Crippen LogP) is 4.13. The smallest absolute Gasteiger partial charge is 0.0478 e. The number of halogens is 1. The summed E-state index contributed by atoms with van der Waals surface area (Å²) in [6, 6.07) is 8.46. The molecule has 88 valence electrons. The Hall–Kier alpha value is -0.790. The minimum atomic E-state index is 0.515. The topological polar surface area (TPSA) is 12.0 Å². The van der Waals surface area contributed by atoms with Crippen molar-refractivity contribution in [1.82, 2.24) is 5.32 Å². The molecule has 0 saturated carbocycles. The van der Waals surface area contributed by atoms with E-state index < -0.39 is 0 Å². The number of rotatable bonds is 5. The highest BCUT2D eigenvalue weighted by atomic mass is 35.5. The van der Waals surface area contributed by atoms with Crippen LogP contribution in [-0.2, 0) is 0 Å². The van der Waals surface area contributed by atoms with Crippen LogP contribution in [0.4, 0.5) is 0 Å². The quantitative estimate of drug-likeness (QED) is 0.812. The average molecular weight is 238 g/mol. The summed E-state index contributed by atoms with van der Waals surface area (Å²) in [6.45, 7) is 7.41. The Kier molecular flexibility index (Phi) is 5.58. The van der Waals surface area contributed by atoms with E-state index in [0.717, 1.165) is 23.6 Å². The number of nitrogens with one attached hydrogen (secondary N) is 1. The van der Waals surface area contributed by atoms with Crippen molar-refractivity contribution in [2.45, 2.75) is 33.2 Å². The molecule has 1 aromatic rings. The van der Waals surface area contributed by atoms with Gasteiger partial charge in [-0.3, -0.25) is 0 Å². The summed E-state index contributed by atoms with van der Waals surface area (Å²) < 4.78 is 0. The molecule has 0 spiro atoms. The summed E-state index contributed by atoms with van der Waals surface area (Å²) in [5.74, 6) is 0. The molecule has 2 heteroatoms. The lowest BCUT2D eigenvalue weighted by Crippen LogP contribution is -2.24. The lowest BCUT2D eigenvalue weighted by atomic mass is 10.1. The molecule has 0 amide bonds. The number of benzene rings is 1. The number of hydrogen-bond acceptors (Lipinski definition) is 1. The first kappa shape index (κ1) is 13.3. The van der Waals surface area contributed by atoms with Crippen LogP contribution in [0.1, 0.15) is 32.8 Å². The fourth-order valence-corrected chi connectivity index (χ4v) is 1.62. The maximum Gasteiger partial charge on any atom is 0.0478 e. The van der Waals surface area contributed by atoms with Gasteiger partial charge in [-0.15, -0.1) is 0 Å². The normalized spacial score (nSPS) is 12.2. The predicted molar refractivity (Wildman–Crippen MR) is 72.9 cm³/mol. The molecule has 0 heterocycles. The Morgan fingerprint density at radius 3 is 2.62 bits per heavy atom. The van der Waals surface area contributed by atoms with Gasteiger partial charge in [-0.25, -0.2) is 0 Å². The molecule has 1 N–H and O–H groups in total. The first-order chi connectivity index (χ1) is 7.63. The molecule has 16 heavy (non-hydrogen) atoms. The van der Waals surface area contributed by atoms with E-state index in [4.69, 9.17) is 11.6 Å². The lowest BCUT2D eigenvalue weighted by Gasteiger charge is -2.10. The SMILES string of the molecule is CCC(=Cc1ccccc1Cl)CNC(C)C. The van der Waals surface area contributed by atoms with Crippen molar-refractivity contribution in [3.63, 3.8) is 0 Å². The minimum absolute atomic E-state index is 0.515. The zero-order valence-corrected chi connectivity index (χ0v) is 11.0. The molecular weight excluding hydrogens is 218 g/mol. The Balaban J connectivity index is 2.75. The van der Waals surface area contributed by atoms with Crippen LogP contribution in [0.25, 0.3) is 6.08 Å². The van der Waals surface area contributed by atoms with E-state index in [-0.39, 0.29) is 0 Å². The van der Waals surface area contributed by atoms with E-state index in [9.17, 15) is 0 Å². The molecule has 1 rings (SSSR count). The molecule has 0 aliphatic heterocycles. The van der Waals surface area contributed by atoms with Crippen molar-refractivity contribution in [2.75, 3.05) is 6.54 Å². The second-order valence-corrected chi connectivity index (χ2v) is 4.62.